The Bertz CT molecular complexity index is 383. The molecule has 17 heavy (non-hydrogen) atoms. The molecular weight excluding hydrogens is 261 g/mol. The van der Waals surface area contributed by atoms with Gasteiger partial charge in [-0.1, -0.05) is 25.4 Å². The van der Waals surface area contributed by atoms with Gasteiger partial charge in [-0.2, -0.15) is 0 Å². The number of phenols is 1. The van der Waals surface area contributed by atoms with Crippen LogP contribution in [0.5, 0.6) is 5.75 Å². The zero-order chi connectivity index (χ0) is 12.5. The number of aromatic hydroxyl groups is 1. The van der Waals surface area contributed by atoms with E-state index in [1.54, 1.807) is 19.1 Å². The van der Waals surface area contributed by atoms with Crippen LogP contribution in [0.4, 0.5) is 0 Å². The Hall–Kier alpha value is -0.480. The van der Waals surface area contributed by atoms with Crippen molar-refractivity contribution in [1.82, 2.24) is 0 Å². The van der Waals surface area contributed by atoms with Gasteiger partial charge in [0.2, 0.25) is 0 Å². The molecule has 0 aliphatic rings. The summed E-state index contributed by atoms with van der Waals surface area (Å²) in [7, 11) is 0. The molecule has 1 rings (SSSR count). The summed E-state index contributed by atoms with van der Waals surface area (Å²) in [6.45, 7) is 5.50. The first kappa shape index (κ1) is 16.5. The van der Waals surface area contributed by atoms with Crippen LogP contribution in [0.15, 0.2) is 12.1 Å². The topological polar surface area (TPSA) is 66.5 Å². The summed E-state index contributed by atoms with van der Waals surface area (Å²) in [5.74, 6) is 0.130. The molecule has 0 bridgehead atoms. The number of nitrogens with two attached hydrogens (primary N) is 1. The summed E-state index contributed by atoms with van der Waals surface area (Å²) in [5.41, 5.74) is 7.06. The first-order valence-electron chi connectivity index (χ1n) is 5.27. The first-order chi connectivity index (χ1) is 7.34. The maximum absolute atomic E-state index is 9.88. The quantitative estimate of drug-likeness (QED) is 0.797. The number of aliphatic hydroxyl groups excluding tert-OH is 1. The smallest absolute Gasteiger partial charge is 0.123 e. The number of rotatable bonds is 3. The molecule has 0 aromatic heterocycles. The van der Waals surface area contributed by atoms with Crippen molar-refractivity contribution in [1.29, 1.82) is 0 Å². The second-order valence-corrected chi connectivity index (χ2v) is 4.86. The number of halogens is 2. The third-order valence-electron chi connectivity index (χ3n) is 2.70. The highest BCUT2D eigenvalue weighted by Gasteiger charge is 2.23. The van der Waals surface area contributed by atoms with Crippen molar-refractivity contribution in [2.75, 3.05) is 0 Å². The van der Waals surface area contributed by atoms with Crippen molar-refractivity contribution in [2.24, 2.45) is 11.7 Å². The van der Waals surface area contributed by atoms with Gasteiger partial charge >= 0.3 is 0 Å². The minimum absolute atomic E-state index is 0. The molecule has 5 heteroatoms. The number of hydrogen-bond acceptors (Lipinski definition) is 3. The van der Waals surface area contributed by atoms with Crippen LogP contribution in [0.3, 0.4) is 0 Å². The van der Waals surface area contributed by atoms with E-state index in [1.807, 2.05) is 13.8 Å². The van der Waals surface area contributed by atoms with E-state index in [1.165, 1.54) is 0 Å². The van der Waals surface area contributed by atoms with Crippen molar-refractivity contribution in [2.45, 2.75) is 32.9 Å². The average molecular weight is 280 g/mol. The van der Waals surface area contributed by atoms with Gasteiger partial charge in [-0.15, -0.1) is 12.4 Å². The van der Waals surface area contributed by atoms with Crippen LogP contribution in [0, 0.1) is 12.8 Å². The Labute approximate surface area is 113 Å². The lowest BCUT2D eigenvalue weighted by Crippen LogP contribution is -2.30. The summed E-state index contributed by atoms with van der Waals surface area (Å²) < 4.78 is 0. The molecule has 0 unspecified atom stereocenters. The monoisotopic (exact) mass is 279 g/mol. The van der Waals surface area contributed by atoms with E-state index >= 15 is 0 Å². The second kappa shape index (κ2) is 6.45. The third kappa shape index (κ3) is 3.75. The molecule has 0 aliphatic carbocycles. The van der Waals surface area contributed by atoms with E-state index < -0.39 is 12.1 Å². The Kier molecular flexibility index (Phi) is 6.27. The highest BCUT2D eigenvalue weighted by molar-refractivity contribution is 6.30. The Morgan fingerprint density at radius 1 is 1.29 bits per heavy atom. The van der Waals surface area contributed by atoms with Gasteiger partial charge in [0.1, 0.15) is 5.75 Å². The van der Waals surface area contributed by atoms with Crippen LogP contribution < -0.4 is 5.73 Å². The van der Waals surface area contributed by atoms with Crippen molar-refractivity contribution in [3.8, 4) is 5.75 Å². The molecule has 4 N–H and O–H groups in total. The highest BCUT2D eigenvalue weighted by atomic mass is 35.5. The van der Waals surface area contributed by atoms with Crippen LogP contribution in [0.2, 0.25) is 5.02 Å². The van der Waals surface area contributed by atoms with Crippen molar-refractivity contribution in [3.05, 3.63) is 28.3 Å². The number of phenolic OH excluding ortho intramolecular Hbond substituents is 1. The Morgan fingerprint density at radius 2 is 1.82 bits per heavy atom. The lowest BCUT2D eigenvalue weighted by molar-refractivity contribution is 0.0969. The van der Waals surface area contributed by atoms with Crippen molar-refractivity contribution in [3.63, 3.8) is 0 Å². The average Bonchev–Trinajstić information content (AvgIpc) is 2.21. The fraction of sp³-hybridized carbons (Fsp3) is 0.500. The molecule has 0 spiro atoms. The van der Waals surface area contributed by atoms with E-state index in [-0.39, 0.29) is 24.1 Å². The molecule has 0 heterocycles. The van der Waals surface area contributed by atoms with E-state index in [0.29, 0.717) is 16.1 Å². The fourth-order valence-electron chi connectivity index (χ4n) is 1.61. The van der Waals surface area contributed by atoms with Gasteiger partial charge < -0.3 is 15.9 Å². The number of hydrogen-bond donors (Lipinski definition) is 3. The van der Waals surface area contributed by atoms with Crippen LogP contribution in [-0.2, 0) is 0 Å². The minimum atomic E-state index is -0.705. The first-order valence-corrected chi connectivity index (χ1v) is 5.65. The number of aliphatic hydroxyl groups is 1. The SMILES string of the molecule is Cc1cc(Cl)cc([C@@H](N)[C@@H](O)C(C)C)c1O.Cl. The second-order valence-electron chi connectivity index (χ2n) is 4.42. The number of benzene rings is 1. The maximum Gasteiger partial charge on any atom is 0.123 e. The van der Waals surface area contributed by atoms with E-state index in [9.17, 15) is 10.2 Å². The molecular formula is C12H19Cl2NO2. The zero-order valence-electron chi connectivity index (χ0n) is 10.1. The van der Waals surface area contributed by atoms with Crippen LogP contribution in [-0.4, -0.2) is 16.3 Å². The maximum atomic E-state index is 9.88. The third-order valence-corrected chi connectivity index (χ3v) is 2.92. The van der Waals surface area contributed by atoms with Crippen molar-refractivity contribution < 1.29 is 10.2 Å². The van der Waals surface area contributed by atoms with Gasteiger partial charge in [0.05, 0.1) is 12.1 Å². The van der Waals surface area contributed by atoms with E-state index in [2.05, 4.69) is 0 Å². The lowest BCUT2D eigenvalue weighted by Gasteiger charge is -2.23. The molecule has 0 fully saturated rings. The molecule has 98 valence electrons. The summed E-state index contributed by atoms with van der Waals surface area (Å²) in [5, 5.41) is 20.3. The molecule has 0 aliphatic heterocycles. The van der Waals surface area contributed by atoms with Gasteiger partial charge in [-0.3, -0.25) is 0 Å². The fourth-order valence-corrected chi connectivity index (χ4v) is 1.90. The molecule has 1 aromatic rings. The van der Waals surface area contributed by atoms with Crippen LogP contribution in [0.25, 0.3) is 0 Å². The van der Waals surface area contributed by atoms with Gasteiger partial charge in [0.25, 0.3) is 0 Å². The molecule has 0 radical (unpaired) electrons. The summed E-state index contributed by atoms with van der Waals surface area (Å²) in [6.07, 6.45) is -0.705. The Balaban J connectivity index is 0.00000256. The highest BCUT2D eigenvalue weighted by Crippen LogP contribution is 2.32. The van der Waals surface area contributed by atoms with Crippen LogP contribution in [0.1, 0.15) is 31.0 Å². The summed E-state index contributed by atoms with van der Waals surface area (Å²) in [4.78, 5) is 0. The van der Waals surface area contributed by atoms with E-state index in [4.69, 9.17) is 17.3 Å². The number of aryl methyl sites for hydroxylation is 1. The van der Waals surface area contributed by atoms with E-state index in [0.717, 1.165) is 0 Å². The molecule has 0 saturated carbocycles. The normalized spacial score (nSPS) is 14.3. The standard InChI is InChI=1S/C12H18ClNO2.ClH/c1-6(2)11(15)10(14)9-5-8(13)4-7(3)12(9)16;/h4-6,10-11,15-16H,14H2,1-3H3;1H/t10-,11+;/m1./s1. The van der Waals surface area contributed by atoms with Crippen LogP contribution >= 0.6 is 24.0 Å². The Morgan fingerprint density at radius 3 is 2.29 bits per heavy atom. The molecule has 1 aromatic carbocycles. The summed E-state index contributed by atoms with van der Waals surface area (Å²) >= 11 is 5.90. The molecule has 0 saturated heterocycles. The summed E-state index contributed by atoms with van der Waals surface area (Å²) in [6, 6.07) is 2.63. The molecule has 3 nitrogen and oxygen atoms in total. The predicted molar refractivity (Wildman–Crippen MR) is 72.9 cm³/mol. The van der Waals surface area contributed by atoms with Gasteiger partial charge in [-0.25, -0.2) is 0 Å². The largest absolute Gasteiger partial charge is 0.507 e. The van der Waals surface area contributed by atoms with Crippen molar-refractivity contribution >= 4 is 24.0 Å². The van der Waals surface area contributed by atoms with Gasteiger partial charge in [0.15, 0.2) is 0 Å². The molecule has 0 amide bonds. The predicted octanol–water partition coefficient (Wildman–Crippen LogP) is 2.79. The molecule has 2 atom stereocenters. The minimum Gasteiger partial charge on any atom is -0.507 e. The van der Waals surface area contributed by atoms with Gasteiger partial charge in [-0.05, 0) is 30.5 Å². The lowest BCUT2D eigenvalue weighted by atomic mass is 9.93. The zero-order valence-corrected chi connectivity index (χ0v) is 11.7. The van der Waals surface area contributed by atoms with Gasteiger partial charge in [0, 0.05) is 10.6 Å².